The van der Waals surface area contributed by atoms with Gasteiger partial charge < -0.3 is 5.32 Å². The molecule has 0 saturated heterocycles. The van der Waals surface area contributed by atoms with Gasteiger partial charge in [0.25, 0.3) is 5.91 Å². The van der Waals surface area contributed by atoms with Crippen molar-refractivity contribution in [2.75, 3.05) is 0 Å². The molecule has 4 nitrogen and oxygen atoms in total. The first kappa shape index (κ1) is 18.1. The van der Waals surface area contributed by atoms with Crippen LogP contribution in [0, 0.1) is 5.82 Å². The maximum Gasteiger partial charge on any atom is 0.261 e. The Balaban J connectivity index is 1.48. The number of halogens is 1. The van der Waals surface area contributed by atoms with E-state index < -0.39 is 0 Å². The zero-order chi connectivity index (χ0) is 20.0. The van der Waals surface area contributed by atoms with Gasteiger partial charge in [-0.3, -0.25) is 9.48 Å². The zero-order valence-corrected chi connectivity index (χ0v) is 16.8. The Labute approximate surface area is 172 Å². The third-order valence-corrected chi connectivity index (χ3v) is 6.74. The molecular weight excluding hydrogens is 385 g/mol. The van der Waals surface area contributed by atoms with Crippen LogP contribution >= 0.6 is 11.3 Å². The maximum atomic E-state index is 14.3. The van der Waals surface area contributed by atoms with Crippen molar-refractivity contribution in [3.8, 4) is 11.3 Å². The van der Waals surface area contributed by atoms with Crippen LogP contribution in [0.15, 0.2) is 54.6 Å². The molecule has 0 radical (unpaired) electrons. The van der Waals surface area contributed by atoms with E-state index in [0.717, 1.165) is 29.5 Å². The molecule has 146 valence electrons. The van der Waals surface area contributed by atoms with E-state index >= 15 is 0 Å². The monoisotopic (exact) mass is 405 g/mol. The first-order chi connectivity index (χ1) is 14.1. The first-order valence-electron chi connectivity index (χ1n) is 9.72. The van der Waals surface area contributed by atoms with Gasteiger partial charge in [0.1, 0.15) is 16.3 Å². The van der Waals surface area contributed by atoms with E-state index in [9.17, 15) is 9.18 Å². The average Bonchev–Trinajstić information content (AvgIpc) is 3.30. The highest BCUT2D eigenvalue weighted by Crippen LogP contribution is 2.35. The summed E-state index contributed by atoms with van der Waals surface area (Å²) in [6.07, 6.45) is 3.06. The number of nitrogens with one attached hydrogen (secondary N) is 1. The van der Waals surface area contributed by atoms with E-state index in [1.165, 1.54) is 28.5 Å². The minimum Gasteiger partial charge on any atom is -0.345 e. The molecule has 2 heterocycles. The molecule has 5 rings (SSSR count). The van der Waals surface area contributed by atoms with Crippen molar-refractivity contribution in [3.05, 3.63) is 76.4 Å². The average molecular weight is 405 g/mol. The van der Waals surface area contributed by atoms with Crippen molar-refractivity contribution >= 4 is 27.5 Å². The summed E-state index contributed by atoms with van der Waals surface area (Å²) in [6.45, 7) is 0. The predicted molar refractivity (Wildman–Crippen MR) is 114 cm³/mol. The number of carbonyl (C=O) groups is 1. The van der Waals surface area contributed by atoms with Gasteiger partial charge in [0.05, 0.1) is 10.9 Å². The third kappa shape index (κ3) is 3.13. The molecule has 1 aliphatic carbocycles. The zero-order valence-electron chi connectivity index (χ0n) is 16.0. The number of nitrogens with zero attached hydrogens (tertiary/aromatic N) is 2. The van der Waals surface area contributed by atoms with Crippen LogP contribution in [0.25, 0.3) is 21.5 Å². The Morgan fingerprint density at radius 1 is 1.21 bits per heavy atom. The first-order valence-corrected chi connectivity index (χ1v) is 10.5. The Kier molecular flexibility index (Phi) is 4.43. The molecule has 1 aliphatic rings. The fourth-order valence-electron chi connectivity index (χ4n) is 4.14. The summed E-state index contributed by atoms with van der Waals surface area (Å²) in [7, 11) is 1.82. The maximum absolute atomic E-state index is 14.3. The lowest BCUT2D eigenvalue weighted by molar-refractivity contribution is 0.0937. The molecule has 0 spiro atoms. The number of thiophene rings is 1. The van der Waals surface area contributed by atoms with Crippen LogP contribution in [0.5, 0.6) is 0 Å². The molecule has 1 atom stereocenters. The van der Waals surface area contributed by atoms with Crippen LogP contribution in [0.1, 0.15) is 39.7 Å². The highest BCUT2D eigenvalue weighted by Gasteiger charge is 2.24. The van der Waals surface area contributed by atoms with Crippen molar-refractivity contribution in [3.63, 3.8) is 0 Å². The molecule has 0 fully saturated rings. The minimum absolute atomic E-state index is 0.0295. The molecule has 2 aromatic heterocycles. The quantitative estimate of drug-likeness (QED) is 0.506. The standard InChI is InChI=1S/C23H20FN3OS/c1-27-23-17(21(26-27)16-10-4-5-11-18(16)24)13-20(29-23)22(28)25-19-12-6-8-14-7-2-3-9-15(14)19/h2-5,7,9-11,13,19H,6,8,12H2,1H3,(H,25,28)/t19-/m0/s1. The van der Waals surface area contributed by atoms with E-state index in [4.69, 9.17) is 0 Å². The predicted octanol–water partition coefficient (Wildman–Crippen LogP) is 5.25. The smallest absolute Gasteiger partial charge is 0.261 e. The van der Waals surface area contributed by atoms with Gasteiger partial charge in [0.2, 0.25) is 0 Å². The van der Waals surface area contributed by atoms with Crippen LogP contribution in [0.2, 0.25) is 0 Å². The summed E-state index contributed by atoms with van der Waals surface area (Å²) < 4.78 is 16.0. The van der Waals surface area contributed by atoms with E-state index in [2.05, 4.69) is 22.5 Å². The van der Waals surface area contributed by atoms with Gasteiger partial charge in [-0.1, -0.05) is 36.4 Å². The summed E-state index contributed by atoms with van der Waals surface area (Å²) in [5, 5.41) is 8.48. The summed E-state index contributed by atoms with van der Waals surface area (Å²) in [5.41, 5.74) is 3.54. The molecule has 2 aromatic carbocycles. The SMILES string of the molecule is Cn1nc(-c2ccccc2F)c2cc(C(=O)N[C@H]3CCCc4ccccc43)sc21. The Morgan fingerprint density at radius 3 is 2.86 bits per heavy atom. The van der Waals surface area contributed by atoms with Crippen LogP contribution in [0.4, 0.5) is 4.39 Å². The van der Waals surface area contributed by atoms with E-state index in [1.54, 1.807) is 22.9 Å². The second-order valence-electron chi connectivity index (χ2n) is 7.40. The molecule has 6 heteroatoms. The summed E-state index contributed by atoms with van der Waals surface area (Å²) in [5.74, 6) is -0.407. The van der Waals surface area contributed by atoms with Gasteiger partial charge in [0.15, 0.2) is 0 Å². The van der Waals surface area contributed by atoms with Gasteiger partial charge >= 0.3 is 0 Å². The lowest BCUT2D eigenvalue weighted by atomic mass is 9.88. The second-order valence-corrected chi connectivity index (χ2v) is 8.43. The fourth-order valence-corrected chi connectivity index (χ4v) is 5.11. The lowest BCUT2D eigenvalue weighted by Gasteiger charge is -2.26. The molecule has 0 bridgehead atoms. The summed E-state index contributed by atoms with van der Waals surface area (Å²) >= 11 is 1.39. The number of hydrogen-bond acceptors (Lipinski definition) is 3. The van der Waals surface area contributed by atoms with Gasteiger partial charge in [0, 0.05) is 18.0 Å². The number of amides is 1. The number of aryl methyl sites for hydroxylation is 2. The number of rotatable bonds is 3. The van der Waals surface area contributed by atoms with Gasteiger partial charge in [-0.2, -0.15) is 5.10 Å². The number of hydrogen-bond donors (Lipinski definition) is 1. The molecule has 1 amide bonds. The summed E-state index contributed by atoms with van der Waals surface area (Å²) in [6, 6.07) is 16.8. The number of fused-ring (bicyclic) bond motifs is 2. The highest BCUT2D eigenvalue weighted by molar-refractivity contribution is 7.20. The van der Waals surface area contributed by atoms with Crippen molar-refractivity contribution in [2.24, 2.45) is 7.05 Å². The Morgan fingerprint density at radius 2 is 2.00 bits per heavy atom. The topological polar surface area (TPSA) is 46.9 Å². The lowest BCUT2D eigenvalue weighted by Crippen LogP contribution is -2.30. The van der Waals surface area contributed by atoms with Gasteiger partial charge in [-0.15, -0.1) is 11.3 Å². The van der Waals surface area contributed by atoms with Gasteiger partial charge in [-0.25, -0.2) is 4.39 Å². The fraction of sp³-hybridized carbons (Fsp3) is 0.217. The molecular formula is C23H20FN3OS. The van der Waals surface area contributed by atoms with Crippen molar-refractivity contribution < 1.29 is 9.18 Å². The Hall–Kier alpha value is -2.99. The van der Waals surface area contributed by atoms with Crippen molar-refractivity contribution in [1.29, 1.82) is 0 Å². The molecule has 4 aromatic rings. The molecule has 29 heavy (non-hydrogen) atoms. The van der Waals surface area contributed by atoms with Crippen molar-refractivity contribution in [1.82, 2.24) is 15.1 Å². The second kappa shape index (κ2) is 7.12. The number of benzene rings is 2. The molecule has 0 saturated carbocycles. The third-order valence-electron chi connectivity index (χ3n) is 5.54. The van der Waals surface area contributed by atoms with Crippen molar-refractivity contribution in [2.45, 2.75) is 25.3 Å². The van der Waals surface area contributed by atoms with Crippen LogP contribution in [0.3, 0.4) is 0 Å². The van der Waals surface area contributed by atoms with Crippen LogP contribution < -0.4 is 5.32 Å². The highest BCUT2D eigenvalue weighted by atomic mass is 32.1. The summed E-state index contributed by atoms with van der Waals surface area (Å²) in [4.78, 5) is 14.5. The van der Waals surface area contributed by atoms with Crippen LogP contribution in [-0.4, -0.2) is 15.7 Å². The minimum atomic E-state index is -0.316. The van der Waals surface area contributed by atoms with E-state index in [0.29, 0.717) is 16.1 Å². The number of carbonyl (C=O) groups excluding carboxylic acids is 1. The normalized spacial score (nSPS) is 16.0. The molecule has 0 aliphatic heterocycles. The number of aromatic nitrogens is 2. The molecule has 0 unspecified atom stereocenters. The van der Waals surface area contributed by atoms with Crippen LogP contribution in [-0.2, 0) is 13.5 Å². The van der Waals surface area contributed by atoms with Gasteiger partial charge in [-0.05, 0) is 48.6 Å². The molecule has 1 N–H and O–H groups in total. The van der Waals surface area contributed by atoms with E-state index in [1.807, 2.05) is 25.2 Å². The van der Waals surface area contributed by atoms with E-state index in [-0.39, 0.29) is 17.8 Å². The largest absolute Gasteiger partial charge is 0.345 e. The Bertz CT molecular complexity index is 1230.